The third-order valence-corrected chi connectivity index (χ3v) is 8.53. The van der Waals surface area contributed by atoms with Crippen LogP contribution in [0.2, 0.25) is 20.1 Å². The van der Waals surface area contributed by atoms with E-state index in [9.17, 15) is 18.8 Å². The van der Waals surface area contributed by atoms with Crippen molar-refractivity contribution in [2.45, 2.75) is 24.2 Å². The Hall–Kier alpha value is -2.10. The molecule has 5 atom stereocenters. The van der Waals surface area contributed by atoms with Gasteiger partial charge in [0.05, 0.1) is 45.4 Å². The topological polar surface area (TPSA) is 79.0 Å². The number of methoxy groups -OCH3 is 1. The molecule has 0 bridgehead atoms. The summed E-state index contributed by atoms with van der Waals surface area (Å²) in [7, 11) is 1.39. The molecule has 4 aliphatic heterocycles. The van der Waals surface area contributed by atoms with E-state index in [2.05, 4.69) is 5.32 Å². The molecule has 3 saturated heterocycles. The Balaban J connectivity index is 1.56. The molecule has 3 fully saturated rings. The van der Waals surface area contributed by atoms with Crippen LogP contribution >= 0.6 is 46.4 Å². The second-order valence-corrected chi connectivity index (χ2v) is 10.7. The lowest BCUT2D eigenvalue weighted by Crippen LogP contribution is -2.54. The molecule has 1 spiro atoms. The standard InChI is InChI=1S/C23H16Cl4FN3O4/c1-35-19-13(26)5-10(6-14(19)27)31-20(32)16-15-4-9(28)7-30(15)23(17(16)21(31)33)11-2-8(24)3-12(25)18(11)29-22(23)34/h2-3,5-6,9,15-17H,4,7H2,1H3,(H,29,34)/t9-,15?,16?,17?,23?/m0/s1. The third kappa shape index (κ3) is 2.86. The molecule has 0 aromatic heterocycles. The second kappa shape index (κ2) is 7.70. The highest BCUT2D eigenvalue weighted by Crippen LogP contribution is 2.62. The summed E-state index contributed by atoms with van der Waals surface area (Å²) in [6.07, 6.45) is -1.26. The summed E-state index contributed by atoms with van der Waals surface area (Å²) >= 11 is 25.2. The van der Waals surface area contributed by atoms with Gasteiger partial charge in [-0.05, 0) is 30.7 Å². The maximum atomic E-state index is 14.7. The Morgan fingerprint density at radius 2 is 1.71 bits per heavy atom. The monoisotopic (exact) mass is 557 g/mol. The van der Waals surface area contributed by atoms with Crippen molar-refractivity contribution in [2.24, 2.45) is 11.8 Å². The van der Waals surface area contributed by atoms with Gasteiger partial charge in [-0.15, -0.1) is 0 Å². The number of ether oxygens (including phenoxy) is 1. The van der Waals surface area contributed by atoms with Crippen LogP contribution in [-0.4, -0.2) is 48.5 Å². The van der Waals surface area contributed by atoms with Gasteiger partial charge in [-0.1, -0.05) is 46.4 Å². The number of carbonyl (C=O) groups is 3. The molecule has 12 heteroatoms. The molecule has 1 N–H and O–H groups in total. The molecular weight excluding hydrogens is 543 g/mol. The van der Waals surface area contributed by atoms with E-state index in [4.69, 9.17) is 51.1 Å². The molecule has 3 amide bonds. The number of hydrogen-bond donors (Lipinski definition) is 1. The maximum absolute atomic E-state index is 14.7. The number of benzene rings is 2. The maximum Gasteiger partial charge on any atom is 0.250 e. The number of imide groups is 1. The molecule has 4 aliphatic rings. The van der Waals surface area contributed by atoms with Crippen molar-refractivity contribution in [2.75, 3.05) is 23.9 Å². The first-order valence-electron chi connectivity index (χ1n) is 10.7. The van der Waals surface area contributed by atoms with Gasteiger partial charge in [-0.25, -0.2) is 9.29 Å². The lowest BCUT2D eigenvalue weighted by Gasteiger charge is -2.36. The molecule has 0 aliphatic carbocycles. The fourth-order valence-electron chi connectivity index (χ4n) is 6.31. The first-order valence-corrected chi connectivity index (χ1v) is 12.2. The number of halogens is 5. The van der Waals surface area contributed by atoms with Gasteiger partial charge in [0.2, 0.25) is 11.8 Å². The zero-order valence-corrected chi connectivity index (χ0v) is 21.0. The minimum atomic E-state index is -1.64. The van der Waals surface area contributed by atoms with Crippen molar-refractivity contribution in [3.05, 3.63) is 49.9 Å². The van der Waals surface area contributed by atoms with Gasteiger partial charge in [0, 0.05) is 23.2 Å². The van der Waals surface area contributed by atoms with Crippen molar-refractivity contribution < 1.29 is 23.5 Å². The number of hydrogen-bond acceptors (Lipinski definition) is 5. The van der Waals surface area contributed by atoms with Gasteiger partial charge in [0.1, 0.15) is 11.7 Å². The first kappa shape index (κ1) is 23.3. The van der Waals surface area contributed by atoms with Crippen molar-refractivity contribution >= 4 is 75.5 Å². The Kier molecular flexibility index (Phi) is 5.13. The molecule has 4 unspecified atom stereocenters. The molecule has 35 heavy (non-hydrogen) atoms. The summed E-state index contributed by atoms with van der Waals surface area (Å²) < 4.78 is 19.9. The number of alkyl halides is 1. The number of nitrogens with zero attached hydrogens (tertiary/aromatic N) is 2. The van der Waals surface area contributed by atoms with E-state index >= 15 is 0 Å². The van der Waals surface area contributed by atoms with E-state index in [0.29, 0.717) is 11.3 Å². The van der Waals surface area contributed by atoms with Crippen LogP contribution < -0.4 is 15.0 Å². The van der Waals surface area contributed by atoms with Crippen molar-refractivity contribution in [1.82, 2.24) is 4.90 Å². The van der Waals surface area contributed by atoms with Crippen molar-refractivity contribution in [3.8, 4) is 5.75 Å². The number of rotatable bonds is 2. The van der Waals surface area contributed by atoms with Crippen LogP contribution in [0.4, 0.5) is 15.8 Å². The zero-order valence-electron chi connectivity index (χ0n) is 18.0. The summed E-state index contributed by atoms with van der Waals surface area (Å²) in [6.45, 7) is -0.102. The Morgan fingerprint density at radius 1 is 1.03 bits per heavy atom. The summed E-state index contributed by atoms with van der Waals surface area (Å²) in [6, 6.07) is 5.15. The number of amides is 3. The lowest BCUT2D eigenvalue weighted by molar-refractivity contribution is -0.135. The van der Waals surface area contributed by atoms with Crippen LogP contribution in [0, 0.1) is 11.8 Å². The molecule has 6 rings (SSSR count). The van der Waals surface area contributed by atoms with Crippen LogP contribution in [0.25, 0.3) is 0 Å². The summed E-state index contributed by atoms with van der Waals surface area (Å²) in [5, 5.41) is 3.41. The predicted octanol–water partition coefficient (Wildman–Crippen LogP) is 4.69. The third-order valence-electron chi connectivity index (χ3n) is 7.46. The highest BCUT2D eigenvalue weighted by atomic mass is 35.5. The SMILES string of the molecule is COc1c(Cl)cc(N2C(=O)C3C4C[C@H](F)CN4C4(C(=O)Nc5c(Cl)cc(Cl)cc54)C3C2=O)cc1Cl. The average molecular weight is 559 g/mol. The lowest BCUT2D eigenvalue weighted by atomic mass is 9.75. The number of nitrogens with one attached hydrogen (secondary N) is 1. The fourth-order valence-corrected chi connectivity index (χ4v) is 7.48. The van der Waals surface area contributed by atoms with Gasteiger partial charge in [0.25, 0.3) is 5.91 Å². The van der Waals surface area contributed by atoms with E-state index in [1.165, 1.54) is 25.3 Å². The summed E-state index contributed by atoms with van der Waals surface area (Å²) in [4.78, 5) is 44.1. The van der Waals surface area contributed by atoms with E-state index in [0.717, 1.165) is 4.90 Å². The van der Waals surface area contributed by atoms with E-state index in [-0.39, 0.29) is 44.5 Å². The molecule has 182 valence electrons. The van der Waals surface area contributed by atoms with Crippen molar-refractivity contribution in [3.63, 3.8) is 0 Å². The van der Waals surface area contributed by atoms with E-state index in [1.54, 1.807) is 11.0 Å². The molecule has 7 nitrogen and oxygen atoms in total. The first-order chi connectivity index (χ1) is 16.6. The molecule has 4 heterocycles. The molecule has 2 aromatic rings. The van der Waals surface area contributed by atoms with Gasteiger partial charge < -0.3 is 10.1 Å². The zero-order chi connectivity index (χ0) is 25.0. The fraction of sp³-hybridized carbons (Fsp3) is 0.348. The molecular formula is C23H16Cl4FN3O4. The summed E-state index contributed by atoms with van der Waals surface area (Å²) in [5.74, 6) is -3.59. The van der Waals surface area contributed by atoms with Crippen LogP contribution in [0.1, 0.15) is 12.0 Å². The highest BCUT2D eigenvalue weighted by Gasteiger charge is 2.75. The van der Waals surface area contributed by atoms with Crippen LogP contribution in [0.15, 0.2) is 24.3 Å². The van der Waals surface area contributed by atoms with Crippen LogP contribution in [-0.2, 0) is 19.9 Å². The van der Waals surface area contributed by atoms with Gasteiger partial charge in [-0.3, -0.25) is 19.3 Å². The average Bonchev–Trinajstić information content (AvgIpc) is 3.44. The Labute approximate surface area is 219 Å². The smallest absolute Gasteiger partial charge is 0.250 e. The van der Waals surface area contributed by atoms with Crippen LogP contribution in [0.3, 0.4) is 0 Å². The number of carbonyl (C=O) groups excluding carboxylic acids is 3. The predicted molar refractivity (Wildman–Crippen MR) is 129 cm³/mol. The Morgan fingerprint density at radius 3 is 2.37 bits per heavy atom. The van der Waals surface area contributed by atoms with Gasteiger partial charge in [-0.2, -0.15) is 0 Å². The normalized spacial score (nSPS) is 31.3. The van der Waals surface area contributed by atoms with Gasteiger partial charge in [0.15, 0.2) is 5.75 Å². The second-order valence-electron chi connectivity index (χ2n) is 9.04. The molecule has 0 radical (unpaired) electrons. The van der Waals surface area contributed by atoms with Gasteiger partial charge >= 0.3 is 0 Å². The number of fused-ring (bicyclic) bond motifs is 7. The number of anilines is 2. The molecule has 2 aromatic carbocycles. The minimum absolute atomic E-state index is 0.0107. The Bertz CT molecular complexity index is 1330. The van der Waals surface area contributed by atoms with E-state index in [1.807, 2.05) is 0 Å². The highest BCUT2D eigenvalue weighted by molar-refractivity contribution is 6.39. The van der Waals surface area contributed by atoms with Crippen LogP contribution in [0.5, 0.6) is 5.75 Å². The van der Waals surface area contributed by atoms with E-state index < -0.39 is 47.3 Å². The summed E-state index contributed by atoms with van der Waals surface area (Å²) in [5.41, 5.74) is -0.830. The molecule has 0 saturated carbocycles. The largest absolute Gasteiger partial charge is 0.494 e. The van der Waals surface area contributed by atoms with Crippen molar-refractivity contribution in [1.29, 1.82) is 0 Å². The quantitative estimate of drug-likeness (QED) is 0.541. The minimum Gasteiger partial charge on any atom is -0.494 e.